The van der Waals surface area contributed by atoms with Crippen molar-refractivity contribution in [2.45, 2.75) is 50.6 Å². The average Bonchev–Trinajstić information content (AvgIpc) is 3.06. The zero-order valence-electron chi connectivity index (χ0n) is 16.4. The second-order valence-electron chi connectivity index (χ2n) is 9.06. The average molecular weight is 380 g/mol. The molecule has 0 unspecified atom stereocenters. The van der Waals surface area contributed by atoms with Crippen LogP contribution in [-0.4, -0.2) is 28.5 Å². The van der Waals surface area contributed by atoms with Gasteiger partial charge in [-0.3, -0.25) is 4.68 Å². The van der Waals surface area contributed by atoms with Crippen molar-refractivity contribution in [2.24, 2.45) is 17.8 Å². The van der Waals surface area contributed by atoms with Gasteiger partial charge in [0, 0.05) is 11.7 Å². The number of urea groups is 1. The van der Waals surface area contributed by atoms with Crippen LogP contribution < -0.4 is 15.4 Å². The van der Waals surface area contributed by atoms with Crippen molar-refractivity contribution in [2.75, 3.05) is 12.4 Å². The number of hydrogen-bond donors (Lipinski definition) is 2. The molecule has 1 aromatic carbocycles. The molecule has 1 aromatic heterocycles. The highest BCUT2D eigenvalue weighted by Crippen LogP contribution is 2.55. The van der Waals surface area contributed by atoms with E-state index in [4.69, 9.17) is 4.74 Å². The zero-order valence-corrected chi connectivity index (χ0v) is 16.4. The standard InChI is InChI=1S/C22H28N4O2/c1-28-20-4-2-3-15(8-20)13-26-14-19(12-23-26)24-21(27)25-22-9-16-5-17(10-22)7-18(6-16)11-22/h2-4,8,12,14,16-18H,5-7,9-11,13H2,1H3,(H2,24,25,27). The SMILES string of the molecule is COc1cccc(Cn2cc(NC(=O)NC34CC5CC(CC(C5)C3)C4)cn2)c1. The van der Waals surface area contributed by atoms with Crippen LogP contribution in [0.1, 0.15) is 44.1 Å². The van der Waals surface area contributed by atoms with Crippen LogP contribution in [0.2, 0.25) is 0 Å². The van der Waals surface area contributed by atoms with Gasteiger partial charge in [0.2, 0.25) is 0 Å². The highest BCUT2D eigenvalue weighted by molar-refractivity contribution is 5.89. The molecule has 0 atom stereocenters. The Bertz CT molecular complexity index is 840. The Kier molecular flexibility index (Phi) is 4.29. The molecule has 2 N–H and O–H groups in total. The van der Waals surface area contributed by atoms with Crippen molar-refractivity contribution in [3.8, 4) is 5.75 Å². The molecular formula is C22H28N4O2. The van der Waals surface area contributed by atoms with Crippen molar-refractivity contribution in [1.82, 2.24) is 15.1 Å². The molecule has 4 bridgehead atoms. The van der Waals surface area contributed by atoms with Crippen LogP contribution in [0.25, 0.3) is 0 Å². The lowest BCUT2D eigenvalue weighted by Gasteiger charge is -2.56. The maximum absolute atomic E-state index is 12.7. The van der Waals surface area contributed by atoms with Crippen molar-refractivity contribution in [3.05, 3.63) is 42.2 Å². The summed E-state index contributed by atoms with van der Waals surface area (Å²) >= 11 is 0. The molecule has 0 saturated heterocycles. The quantitative estimate of drug-likeness (QED) is 0.823. The van der Waals surface area contributed by atoms with Gasteiger partial charge in [-0.25, -0.2) is 4.79 Å². The largest absolute Gasteiger partial charge is 0.497 e. The number of methoxy groups -OCH3 is 1. The van der Waals surface area contributed by atoms with Gasteiger partial charge in [-0.2, -0.15) is 5.10 Å². The zero-order chi connectivity index (χ0) is 19.1. The molecule has 2 aromatic rings. The molecule has 1 heterocycles. The van der Waals surface area contributed by atoms with E-state index < -0.39 is 0 Å². The summed E-state index contributed by atoms with van der Waals surface area (Å²) < 4.78 is 7.10. The molecule has 4 saturated carbocycles. The number of amides is 2. The number of ether oxygens (including phenoxy) is 1. The molecule has 28 heavy (non-hydrogen) atoms. The third kappa shape index (κ3) is 3.48. The van der Waals surface area contributed by atoms with Crippen LogP contribution in [0.3, 0.4) is 0 Å². The third-order valence-corrected chi connectivity index (χ3v) is 6.79. The smallest absolute Gasteiger partial charge is 0.319 e. The van der Waals surface area contributed by atoms with Gasteiger partial charge in [-0.1, -0.05) is 12.1 Å². The molecule has 2 amide bonds. The first kappa shape index (κ1) is 17.6. The minimum absolute atomic E-state index is 0.0232. The first-order valence-corrected chi connectivity index (χ1v) is 10.3. The lowest BCUT2D eigenvalue weighted by molar-refractivity contribution is -0.0127. The predicted octanol–water partition coefficient (Wildman–Crippen LogP) is 4.03. The van der Waals surface area contributed by atoms with Crippen LogP contribution >= 0.6 is 0 Å². The van der Waals surface area contributed by atoms with E-state index in [1.165, 1.54) is 19.3 Å². The molecule has 0 radical (unpaired) electrons. The van der Waals surface area contributed by atoms with Crippen LogP contribution in [0.4, 0.5) is 10.5 Å². The Morgan fingerprint density at radius 3 is 2.61 bits per heavy atom. The summed E-state index contributed by atoms with van der Waals surface area (Å²) in [5, 5.41) is 10.7. The van der Waals surface area contributed by atoms with Gasteiger partial charge in [0.15, 0.2) is 0 Å². The van der Waals surface area contributed by atoms with Gasteiger partial charge in [0.05, 0.1) is 25.5 Å². The summed E-state index contributed by atoms with van der Waals surface area (Å²) in [6.45, 7) is 0.634. The van der Waals surface area contributed by atoms with E-state index >= 15 is 0 Å². The second-order valence-corrected chi connectivity index (χ2v) is 9.06. The molecule has 0 aliphatic heterocycles. The van der Waals surface area contributed by atoms with E-state index in [-0.39, 0.29) is 11.6 Å². The van der Waals surface area contributed by atoms with Gasteiger partial charge >= 0.3 is 6.03 Å². The Morgan fingerprint density at radius 2 is 1.93 bits per heavy atom. The summed E-state index contributed by atoms with van der Waals surface area (Å²) in [4.78, 5) is 12.7. The molecule has 4 fully saturated rings. The molecule has 6 rings (SSSR count). The van der Waals surface area contributed by atoms with Crippen LogP contribution in [0.5, 0.6) is 5.75 Å². The van der Waals surface area contributed by atoms with Gasteiger partial charge in [-0.15, -0.1) is 0 Å². The maximum Gasteiger partial charge on any atom is 0.319 e. The van der Waals surface area contributed by atoms with Crippen LogP contribution in [0.15, 0.2) is 36.7 Å². The number of anilines is 1. The minimum Gasteiger partial charge on any atom is -0.497 e. The maximum atomic E-state index is 12.7. The van der Waals surface area contributed by atoms with E-state index in [2.05, 4.69) is 15.7 Å². The topological polar surface area (TPSA) is 68.2 Å². The van der Waals surface area contributed by atoms with Crippen molar-refractivity contribution >= 4 is 11.7 Å². The van der Waals surface area contributed by atoms with Crippen molar-refractivity contribution in [3.63, 3.8) is 0 Å². The molecular weight excluding hydrogens is 352 g/mol. The number of nitrogens with zero attached hydrogens (tertiary/aromatic N) is 2. The minimum atomic E-state index is -0.0946. The van der Waals surface area contributed by atoms with E-state index in [0.717, 1.165) is 54.0 Å². The number of carbonyl (C=O) groups excluding carboxylic acids is 1. The van der Waals surface area contributed by atoms with Crippen LogP contribution in [-0.2, 0) is 6.54 Å². The van der Waals surface area contributed by atoms with Gasteiger partial charge < -0.3 is 15.4 Å². The van der Waals surface area contributed by atoms with Gasteiger partial charge in [0.25, 0.3) is 0 Å². The molecule has 148 valence electrons. The molecule has 4 aliphatic rings. The molecule has 0 spiro atoms. The van der Waals surface area contributed by atoms with Crippen molar-refractivity contribution < 1.29 is 9.53 Å². The fraction of sp³-hybridized carbons (Fsp3) is 0.545. The molecule has 6 nitrogen and oxygen atoms in total. The first-order valence-electron chi connectivity index (χ1n) is 10.3. The van der Waals surface area contributed by atoms with E-state index in [0.29, 0.717) is 6.54 Å². The lowest BCUT2D eigenvalue weighted by atomic mass is 9.53. The normalized spacial score (nSPS) is 30.2. The van der Waals surface area contributed by atoms with Gasteiger partial charge in [0.1, 0.15) is 5.75 Å². The number of aromatic nitrogens is 2. The van der Waals surface area contributed by atoms with E-state index in [1.807, 2.05) is 35.1 Å². The summed E-state index contributed by atoms with van der Waals surface area (Å²) in [5.74, 6) is 3.28. The fourth-order valence-electron chi connectivity index (χ4n) is 6.14. The number of rotatable bonds is 5. The Balaban J connectivity index is 1.20. The lowest BCUT2D eigenvalue weighted by Crippen LogP contribution is -2.60. The highest BCUT2D eigenvalue weighted by Gasteiger charge is 2.51. The first-order chi connectivity index (χ1) is 13.6. The van der Waals surface area contributed by atoms with E-state index in [1.54, 1.807) is 13.3 Å². The fourth-order valence-corrected chi connectivity index (χ4v) is 6.14. The summed E-state index contributed by atoms with van der Waals surface area (Å²) in [5.41, 5.74) is 1.85. The van der Waals surface area contributed by atoms with Crippen molar-refractivity contribution in [1.29, 1.82) is 0 Å². The van der Waals surface area contributed by atoms with E-state index in [9.17, 15) is 4.79 Å². The third-order valence-electron chi connectivity index (χ3n) is 6.79. The summed E-state index contributed by atoms with van der Waals surface area (Å²) in [7, 11) is 1.66. The van der Waals surface area contributed by atoms with Crippen LogP contribution in [0, 0.1) is 17.8 Å². The number of hydrogen-bond acceptors (Lipinski definition) is 3. The highest BCUT2D eigenvalue weighted by atomic mass is 16.5. The Morgan fingerprint density at radius 1 is 1.21 bits per heavy atom. The van der Waals surface area contributed by atoms with Gasteiger partial charge in [-0.05, 0) is 74.0 Å². The second kappa shape index (κ2) is 6.83. The number of nitrogens with one attached hydrogen (secondary N) is 2. The molecule has 6 heteroatoms. The summed E-state index contributed by atoms with van der Waals surface area (Å²) in [6.07, 6.45) is 11.2. The monoisotopic (exact) mass is 380 g/mol. The Labute approximate surface area is 165 Å². The predicted molar refractivity (Wildman–Crippen MR) is 107 cm³/mol. The number of carbonyl (C=O) groups is 1. The molecule has 4 aliphatic carbocycles. The number of benzene rings is 1. The Hall–Kier alpha value is -2.50. The summed E-state index contributed by atoms with van der Waals surface area (Å²) in [6, 6.07) is 7.83.